The van der Waals surface area contributed by atoms with E-state index in [9.17, 15) is 4.79 Å². The van der Waals surface area contributed by atoms with Gasteiger partial charge < -0.3 is 5.32 Å². The first-order valence-corrected chi connectivity index (χ1v) is 8.91. The normalized spacial score (nSPS) is 27.3. The molecule has 0 aliphatic heterocycles. The van der Waals surface area contributed by atoms with E-state index in [2.05, 4.69) is 27.4 Å². The number of hydrogen-bond donors (Lipinski definition) is 2. The van der Waals surface area contributed by atoms with Crippen molar-refractivity contribution in [2.75, 3.05) is 0 Å². The monoisotopic (exact) mass is 308 g/mol. The summed E-state index contributed by atoms with van der Waals surface area (Å²) in [6, 6.07) is 0.337. The summed E-state index contributed by atoms with van der Waals surface area (Å²) in [4.78, 5) is 16.8. The highest BCUT2D eigenvalue weighted by molar-refractivity contribution is 8.00. The van der Waals surface area contributed by atoms with Crippen molar-refractivity contribution in [2.24, 2.45) is 5.92 Å². The molecule has 21 heavy (non-hydrogen) atoms. The lowest BCUT2D eigenvalue weighted by Crippen LogP contribution is -2.44. The Bertz CT molecular complexity index is 500. The predicted molar refractivity (Wildman–Crippen MR) is 83.2 cm³/mol. The molecule has 3 unspecified atom stereocenters. The maximum absolute atomic E-state index is 12.3. The number of H-pyrrole nitrogens is 1. The minimum absolute atomic E-state index is 0.108. The first-order chi connectivity index (χ1) is 10.1. The average molecular weight is 308 g/mol. The van der Waals surface area contributed by atoms with E-state index in [1.807, 2.05) is 6.92 Å². The Morgan fingerprint density at radius 1 is 1.33 bits per heavy atom. The molecule has 116 valence electrons. The Balaban J connectivity index is 1.51. The molecule has 6 heteroatoms. The minimum Gasteiger partial charge on any atom is -0.352 e. The molecular weight excluding hydrogens is 284 g/mol. The molecule has 2 saturated carbocycles. The fourth-order valence-electron chi connectivity index (χ4n) is 2.89. The zero-order chi connectivity index (χ0) is 14.8. The van der Waals surface area contributed by atoms with Gasteiger partial charge in [0.25, 0.3) is 0 Å². The fraction of sp³-hybridized carbons (Fsp3) is 0.800. The molecule has 3 atom stereocenters. The summed E-state index contributed by atoms with van der Waals surface area (Å²) in [6.07, 6.45) is 7.25. The number of rotatable bonds is 5. The van der Waals surface area contributed by atoms with Gasteiger partial charge in [-0.25, -0.2) is 4.98 Å². The quantitative estimate of drug-likeness (QED) is 0.821. The first kappa shape index (κ1) is 14.9. The van der Waals surface area contributed by atoms with E-state index in [0.717, 1.165) is 12.2 Å². The number of aromatic nitrogens is 3. The van der Waals surface area contributed by atoms with Gasteiger partial charge in [-0.1, -0.05) is 31.5 Å². The molecule has 0 bridgehead atoms. The van der Waals surface area contributed by atoms with Crippen LogP contribution in [0.1, 0.15) is 64.1 Å². The third kappa shape index (κ3) is 3.78. The number of nitrogens with one attached hydrogen (secondary N) is 2. The van der Waals surface area contributed by atoms with Gasteiger partial charge in [0, 0.05) is 12.0 Å². The van der Waals surface area contributed by atoms with Gasteiger partial charge in [0.05, 0.1) is 5.25 Å². The van der Waals surface area contributed by atoms with Crippen molar-refractivity contribution in [3.8, 4) is 0 Å². The lowest BCUT2D eigenvalue weighted by Gasteiger charge is -2.30. The second kappa shape index (κ2) is 6.38. The Morgan fingerprint density at radius 2 is 2.10 bits per heavy atom. The summed E-state index contributed by atoms with van der Waals surface area (Å²) in [5, 5.41) is 10.9. The van der Waals surface area contributed by atoms with Gasteiger partial charge in [-0.05, 0) is 38.5 Å². The summed E-state index contributed by atoms with van der Waals surface area (Å²) in [7, 11) is 0. The van der Waals surface area contributed by atoms with Crippen molar-refractivity contribution < 1.29 is 4.79 Å². The van der Waals surface area contributed by atoms with Crippen LogP contribution >= 0.6 is 11.8 Å². The summed E-state index contributed by atoms with van der Waals surface area (Å²) < 4.78 is 0. The van der Waals surface area contributed by atoms with Crippen LogP contribution in [0.5, 0.6) is 0 Å². The molecule has 0 aromatic carbocycles. The summed E-state index contributed by atoms with van der Waals surface area (Å²) >= 11 is 1.44. The van der Waals surface area contributed by atoms with Gasteiger partial charge in [-0.2, -0.15) is 0 Å². The van der Waals surface area contributed by atoms with Crippen molar-refractivity contribution in [1.29, 1.82) is 0 Å². The third-order valence-electron chi connectivity index (χ3n) is 4.54. The Labute approximate surface area is 130 Å². The van der Waals surface area contributed by atoms with Crippen molar-refractivity contribution >= 4 is 17.7 Å². The van der Waals surface area contributed by atoms with E-state index in [1.54, 1.807) is 0 Å². The number of thioether (sulfide) groups is 1. The number of carbonyl (C=O) groups is 1. The molecule has 5 nitrogen and oxygen atoms in total. The smallest absolute Gasteiger partial charge is 0.233 e. The van der Waals surface area contributed by atoms with Gasteiger partial charge in [0.15, 0.2) is 0 Å². The maximum Gasteiger partial charge on any atom is 0.233 e. The van der Waals surface area contributed by atoms with E-state index < -0.39 is 0 Å². The topological polar surface area (TPSA) is 70.7 Å². The average Bonchev–Trinajstić information content (AvgIpc) is 3.22. The molecular formula is C15H24N4OS. The van der Waals surface area contributed by atoms with Crippen LogP contribution in [0, 0.1) is 5.92 Å². The molecule has 0 radical (unpaired) electrons. The third-order valence-corrected chi connectivity index (χ3v) is 5.50. The molecule has 2 fully saturated rings. The second-order valence-corrected chi connectivity index (χ2v) is 7.72. The Hall–Kier alpha value is -1.04. The van der Waals surface area contributed by atoms with E-state index >= 15 is 0 Å². The number of aromatic amines is 1. The minimum atomic E-state index is -0.151. The zero-order valence-electron chi connectivity index (χ0n) is 12.8. The Kier molecular flexibility index (Phi) is 4.52. The van der Waals surface area contributed by atoms with Crippen LogP contribution in [0.3, 0.4) is 0 Å². The van der Waals surface area contributed by atoms with E-state index in [1.165, 1.54) is 43.9 Å². The highest BCUT2D eigenvalue weighted by Gasteiger charge is 2.29. The lowest BCUT2D eigenvalue weighted by molar-refractivity contribution is -0.121. The molecule has 1 aromatic heterocycles. The van der Waals surface area contributed by atoms with Gasteiger partial charge >= 0.3 is 0 Å². The summed E-state index contributed by atoms with van der Waals surface area (Å²) in [6.45, 7) is 4.17. The molecule has 3 rings (SSSR count). The molecule has 1 amide bonds. The van der Waals surface area contributed by atoms with Gasteiger partial charge in [0.1, 0.15) is 5.82 Å². The van der Waals surface area contributed by atoms with Crippen LogP contribution < -0.4 is 5.32 Å². The molecule has 1 aromatic rings. The fourth-order valence-corrected chi connectivity index (χ4v) is 3.63. The lowest BCUT2D eigenvalue weighted by atomic mass is 9.86. The number of amides is 1. The van der Waals surface area contributed by atoms with Crippen molar-refractivity contribution in [3.05, 3.63) is 5.82 Å². The summed E-state index contributed by atoms with van der Waals surface area (Å²) in [5.41, 5.74) is 0. The largest absolute Gasteiger partial charge is 0.352 e. The van der Waals surface area contributed by atoms with E-state index in [0.29, 0.717) is 23.0 Å². The molecule has 2 aliphatic carbocycles. The molecule has 1 heterocycles. The maximum atomic E-state index is 12.3. The highest BCUT2D eigenvalue weighted by atomic mass is 32.2. The van der Waals surface area contributed by atoms with Gasteiger partial charge in [-0.15, -0.1) is 5.10 Å². The van der Waals surface area contributed by atoms with Crippen molar-refractivity contribution in [3.63, 3.8) is 0 Å². The van der Waals surface area contributed by atoms with Crippen LogP contribution in [0.4, 0.5) is 0 Å². The summed E-state index contributed by atoms with van der Waals surface area (Å²) in [5.74, 6) is 2.24. The standard InChI is InChI=1S/C15H24N4OS/c1-9-5-3-4-6-12(9)16-14(20)10(2)21-15-17-13(18-19-15)11-7-8-11/h9-12H,3-8H2,1-2H3,(H,16,20)(H,17,18,19). The first-order valence-electron chi connectivity index (χ1n) is 8.03. The van der Waals surface area contributed by atoms with E-state index in [4.69, 9.17) is 0 Å². The van der Waals surface area contributed by atoms with Gasteiger partial charge in [-0.3, -0.25) is 9.89 Å². The van der Waals surface area contributed by atoms with Crippen LogP contribution in [0.15, 0.2) is 5.16 Å². The molecule has 0 saturated heterocycles. The van der Waals surface area contributed by atoms with Crippen LogP contribution in [-0.4, -0.2) is 32.4 Å². The number of nitrogens with zero attached hydrogens (tertiary/aromatic N) is 2. The van der Waals surface area contributed by atoms with Crippen LogP contribution in [0.2, 0.25) is 0 Å². The van der Waals surface area contributed by atoms with Crippen LogP contribution in [-0.2, 0) is 4.79 Å². The van der Waals surface area contributed by atoms with Crippen molar-refractivity contribution in [2.45, 2.75) is 74.7 Å². The molecule has 2 aliphatic rings. The number of carbonyl (C=O) groups excluding carboxylic acids is 1. The van der Waals surface area contributed by atoms with Crippen LogP contribution in [0.25, 0.3) is 0 Å². The SMILES string of the molecule is CC(Sc1n[nH]c(C2CC2)n1)C(=O)NC1CCCCC1C. The number of hydrogen-bond acceptors (Lipinski definition) is 4. The highest BCUT2D eigenvalue weighted by Crippen LogP contribution is 2.38. The zero-order valence-corrected chi connectivity index (χ0v) is 13.6. The van der Waals surface area contributed by atoms with Gasteiger partial charge in [0.2, 0.25) is 11.1 Å². The second-order valence-electron chi connectivity index (χ2n) is 6.41. The van der Waals surface area contributed by atoms with Crippen molar-refractivity contribution in [1.82, 2.24) is 20.5 Å². The predicted octanol–water partition coefficient (Wildman–Crippen LogP) is 2.86. The Morgan fingerprint density at radius 3 is 2.81 bits per heavy atom. The molecule has 2 N–H and O–H groups in total. The molecule has 0 spiro atoms. The van der Waals surface area contributed by atoms with E-state index in [-0.39, 0.29) is 11.2 Å².